The number of nitrogen functional groups attached to an aromatic ring is 1. The summed E-state index contributed by atoms with van der Waals surface area (Å²) in [6.07, 6.45) is 2.12. The summed E-state index contributed by atoms with van der Waals surface area (Å²) in [6, 6.07) is 6.35. The van der Waals surface area contributed by atoms with E-state index >= 15 is 0 Å². The van der Waals surface area contributed by atoms with Crippen LogP contribution in [0.15, 0.2) is 24.3 Å². The molecule has 1 aromatic carbocycles. The van der Waals surface area contributed by atoms with Crippen LogP contribution in [0, 0.1) is 23.5 Å². The summed E-state index contributed by atoms with van der Waals surface area (Å²) in [6.45, 7) is 5.51. The molecular formula is C22H26ClF2N3O. The van der Waals surface area contributed by atoms with Gasteiger partial charge in [-0.2, -0.15) is 0 Å². The van der Waals surface area contributed by atoms with Crippen LogP contribution in [0.5, 0.6) is 0 Å². The maximum Gasteiger partial charge on any atom is 0.168 e. The second-order valence-corrected chi connectivity index (χ2v) is 8.42. The van der Waals surface area contributed by atoms with E-state index in [9.17, 15) is 13.6 Å². The summed E-state index contributed by atoms with van der Waals surface area (Å²) in [5.74, 6) is -1.10. The third-order valence-electron chi connectivity index (χ3n) is 5.45. The quantitative estimate of drug-likeness (QED) is 0.674. The van der Waals surface area contributed by atoms with Crippen molar-refractivity contribution in [2.75, 3.05) is 18.8 Å². The van der Waals surface area contributed by atoms with Crippen molar-refractivity contribution >= 4 is 23.2 Å². The van der Waals surface area contributed by atoms with Crippen molar-refractivity contribution in [3.05, 3.63) is 57.7 Å². The van der Waals surface area contributed by atoms with E-state index in [-0.39, 0.29) is 45.5 Å². The molecule has 3 rings (SSSR count). The van der Waals surface area contributed by atoms with Gasteiger partial charge in [0.2, 0.25) is 0 Å². The second kappa shape index (κ2) is 9.18. The molecule has 29 heavy (non-hydrogen) atoms. The number of pyridine rings is 1. The summed E-state index contributed by atoms with van der Waals surface area (Å²) in [7, 11) is 0. The zero-order chi connectivity index (χ0) is 21.1. The van der Waals surface area contributed by atoms with Crippen molar-refractivity contribution in [2.45, 2.75) is 39.7 Å². The lowest BCUT2D eigenvalue weighted by Gasteiger charge is -2.32. The second-order valence-electron chi connectivity index (χ2n) is 8.01. The Bertz CT molecular complexity index is 896. The smallest absolute Gasteiger partial charge is 0.168 e. The molecule has 0 amide bonds. The lowest BCUT2D eigenvalue weighted by Crippen LogP contribution is -2.34. The van der Waals surface area contributed by atoms with Crippen LogP contribution in [0.25, 0.3) is 0 Å². The van der Waals surface area contributed by atoms with Crippen molar-refractivity contribution in [2.24, 2.45) is 11.8 Å². The van der Waals surface area contributed by atoms with Crippen LogP contribution >= 0.6 is 11.6 Å². The SMILES string of the molecule is CC(C)C(=O)c1cc(N)nc(CC2CCN(Cc3cccc(Cl)c3F)CC2)c1F. The van der Waals surface area contributed by atoms with Gasteiger partial charge in [-0.05, 0) is 50.4 Å². The molecule has 2 aromatic rings. The number of carbonyl (C=O) groups excluding carboxylic acids is 1. The maximum atomic E-state index is 14.9. The molecule has 7 heteroatoms. The molecule has 2 heterocycles. The van der Waals surface area contributed by atoms with Gasteiger partial charge in [0, 0.05) is 18.0 Å². The number of hydrogen-bond donors (Lipinski definition) is 1. The number of carbonyl (C=O) groups is 1. The summed E-state index contributed by atoms with van der Waals surface area (Å²) in [5, 5.41) is 0.132. The Balaban J connectivity index is 1.64. The molecule has 0 spiro atoms. The van der Waals surface area contributed by atoms with Gasteiger partial charge < -0.3 is 5.73 Å². The van der Waals surface area contributed by atoms with Gasteiger partial charge in [0.25, 0.3) is 0 Å². The van der Waals surface area contributed by atoms with Crippen LogP contribution in [0.1, 0.15) is 48.3 Å². The average molecular weight is 422 g/mol. The maximum absolute atomic E-state index is 14.9. The highest BCUT2D eigenvalue weighted by atomic mass is 35.5. The van der Waals surface area contributed by atoms with Crippen molar-refractivity contribution in [3.8, 4) is 0 Å². The lowest BCUT2D eigenvalue weighted by molar-refractivity contribution is 0.0934. The zero-order valence-electron chi connectivity index (χ0n) is 16.7. The largest absolute Gasteiger partial charge is 0.384 e. The van der Waals surface area contributed by atoms with Gasteiger partial charge in [-0.15, -0.1) is 0 Å². The molecule has 1 aromatic heterocycles. The Morgan fingerprint density at radius 1 is 1.28 bits per heavy atom. The molecule has 1 fully saturated rings. The van der Waals surface area contributed by atoms with E-state index in [4.69, 9.17) is 17.3 Å². The van der Waals surface area contributed by atoms with Crippen molar-refractivity contribution < 1.29 is 13.6 Å². The number of Topliss-reactive ketones (excluding diaryl/α,β-unsaturated/α-hetero) is 1. The average Bonchev–Trinajstić information content (AvgIpc) is 2.68. The summed E-state index contributed by atoms with van der Waals surface area (Å²) in [4.78, 5) is 18.6. The van der Waals surface area contributed by atoms with Crippen LogP contribution in [-0.4, -0.2) is 28.8 Å². The Labute approximate surface area is 175 Å². The fourth-order valence-electron chi connectivity index (χ4n) is 3.76. The molecule has 4 nitrogen and oxygen atoms in total. The van der Waals surface area contributed by atoms with E-state index in [1.165, 1.54) is 12.1 Å². The first kappa shape index (κ1) is 21.7. The van der Waals surface area contributed by atoms with Crippen molar-refractivity contribution in [1.82, 2.24) is 9.88 Å². The molecule has 1 aliphatic rings. The summed E-state index contributed by atoms with van der Waals surface area (Å²) in [5.41, 5.74) is 6.68. The minimum absolute atomic E-state index is 0.0244. The Kier molecular flexibility index (Phi) is 6.85. The van der Waals surface area contributed by atoms with E-state index in [0.717, 1.165) is 25.9 Å². The molecule has 0 saturated carbocycles. The molecule has 0 radical (unpaired) electrons. The minimum atomic E-state index is -0.554. The van der Waals surface area contributed by atoms with E-state index in [2.05, 4.69) is 9.88 Å². The molecule has 2 N–H and O–H groups in total. The topological polar surface area (TPSA) is 59.2 Å². The van der Waals surface area contributed by atoms with Crippen LogP contribution in [0.3, 0.4) is 0 Å². The number of hydrogen-bond acceptors (Lipinski definition) is 4. The van der Waals surface area contributed by atoms with Crippen LogP contribution < -0.4 is 5.73 Å². The van der Waals surface area contributed by atoms with Gasteiger partial charge in [0.05, 0.1) is 16.3 Å². The predicted molar refractivity (Wildman–Crippen MR) is 111 cm³/mol. The third-order valence-corrected chi connectivity index (χ3v) is 5.74. The highest BCUT2D eigenvalue weighted by molar-refractivity contribution is 6.30. The van der Waals surface area contributed by atoms with E-state index < -0.39 is 5.82 Å². The predicted octanol–water partition coefficient (Wildman–Crippen LogP) is 4.89. The van der Waals surface area contributed by atoms with Gasteiger partial charge >= 0.3 is 0 Å². The van der Waals surface area contributed by atoms with Crippen LogP contribution in [0.2, 0.25) is 5.02 Å². The highest BCUT2D eigenvalue weighted by Gasteiger charge is 2.25. The Morgan fingerprint density at radius 2 is 1.97 bits per heavy atom. The standard InChI is InChI=1S/C22H26ClF2N3O/c1-13(2)22(29)16-11-19(26)27-18(21(16)25)10-14-6-8-28(9-7-14)12-15-4-3-5-17(23)20(15)24/h3-5,11,13-14H,6-10,12H2,1-2H3,(H2,26,27). The van der Waals surface area contributed by atoms with Gasteiger partial charge in [-0.3, -0.25) is 9.69 Å². The van der Waals surface area contributed by atoms with Gasteiger partial charge in [-0.25, -0.2) is 13.8 Å². The first-order chi connectivity index (χ1) is 13.8. The third kappa shape index (κ3) is 5.11. The molecule has 0 atom stereocenters. The number of halogens is 3. The lowest BCUT2D eigenvalue weighted by atomic mass is 9.90. The van der Waals surface area contributed by atoms with E-state index in [0.29, 0.717) is 18.5 Å². The number of piperidine rings is 1. The molecule has 0 bridgehead atoms. The monoisotopic (exact) mass is 421 g/mol. The number of aromatic nitrogens is 1. The molecular weight excluding hydrogens is 396 g/mol. The molecule has 0 aliphatic carbocycles. The fourth-order valence-corrected chi connectivity index (χ4v) is 3.96. The number of ketones is 1. The van der Waals surface area contributed by atoms with Gasteiger partial charge in [0.15, 0.2) is 11.6 Å². The summed E-state index contributed by atoms with van der Waals surface area (Å²) >= 11 is 5.86. The number of anilines is 1. The number of nitrogens with zero attached hydrogens (tertiary/aromatic N) is 2. The zero-order valence-corrected chi connectivity index (χ0v) is 17.5. The minimum Gasteiger partial charge on any atom is -0.384 e. The van der Waals surface area contributed by atoms with Gasteiger partial charge in [0.1, 0.15) is 11.6 Å². The highest BCUT2D eigenvalue weighted by Crippen LogP contribution is 2.27. The number of likely N-dealkylation sites (tertiary alicyclic amines) is 1. The molecule has 0 unspecified atom stereocenters. The van der Waals surface area contributed by atoms with Crippen molar-refractivity contribution in [1.29, 1.82) is 0 Å². The van der Waals surface area contributed by atoms with Gasteiger partial charge in [-0.1, -0.05) is 37.6 Å². The number of nitrogens with two attached hydrogens (primary N) is 1. The van der Waals surface area contributed by atoms with E-state index in [1.54, 1.807) is 26.0 Å². The van der Waals surface area contributed by atoms with Crippen LogP contribution in [-0.2, 0) is 13.0 Å². The van der Waals surface area contributed by atoms with Crippen molar-refractivity contribution in [3.63, 3.8) is 0 Å². The molecule has 1 aliphatic heterocycles. The Hall–Kier alpha value is -2.05. The molecule has 156 valence electrons. The Morgan fingerprint density at radius 3 is 2.62 bits per heavy atom. The number of benzene rings is 1. The first-order valence-corrected chi connectivity index (χ1v) is 10.3. The number of rotatable bonds is 6. The normalized spacial score (nSPS) is 15.8. The van der Waals surface area contributed by atoms with Crippen LogP contribution in [0.4, 0.5) is 14.6 Å². The van der Waals surface area contributed by atoms with E-state index in [1.807, 2.05) is 0 Å². The fraction of sp³-hybridized carbons (Fsp3) is 0.455. The first-order valence-electron chi connectivity index (χ1n) is 9.90. The summed E-state index contributed by atoms with van der Waals surface area (Å²) < 4.78 is 29.0. The molecule has 1 saturated heterocycles.